The number of nitrogens with zero attached hydrogens (tertiary/aromatic N) is 2. The van der Waals surface area contributed by atoms with Gasteiger partial charge in [-0.1, -0.05) is 12.1 Å². The third-order valence-electron chi connectivity index (χ3n) is 6.09. The highest BCUT2D eigenvalue weighted by atomic mass is 19.1. The van der Waals surface area contributed by atoms with E-state index in [9.17, 15) is 9.59 Å². The number of carbonyl (C=O) groups excluding carboxylic acids is 2. The van der Waals surface area contributed by atoms with Gasteiger partial charge in [0.25, 0.3) is 0 Å². The molecule has 10 heteroatoms. The van der Waals surface area contributed by atoms with Crippen LogP contribution >= 0.6 is 0 Å². The Hall–Kier alpha value is -4.86. The van der Waals surface area contributed by atoms with E-state index in [1.54, 1.807) is 25.3 Å². The van der Waals surface area contributed by atoms with Gasteiger partial charge in [0.05, 0.1) is 26.8 Å². The number of hydrogen-bond donors (Lipinski definition) is 1. The van der Waals surface area contributed by atoms with Crippen LogP contribution in [0.4, 0.5) is 10.1 Å². The van der Waals surface area contributed by atoms with Crippen LogP contribution in [0.1, 0.15) is 5.56 Å². The van der Waals surface area contributed by atoms with Crippen LogP contribution in [-0.4, -0.2) is 51.7 Å². The number of rotatable bonds is 9. The SMILES string of the molecule is COc1ccc(CCNC(=O)C(=O)N(C)c2ccc(Oc3ccnc4cc(OC)c(OC)cc34)c(F)c2)cc1. The summed E-state index contributed by atoms with van der Waals surface area (Å²) < 4.78 is 36.7. The summed E-state index contributed by atoms with van der Waals surface area (Å²) >= 11 is 0. The van der Waals surface area contributed by atoms with E-state index in [0.717, 1.165) is 22.3 Å². The standard InChI is InChI=1S/C29H28FN3O6/c1-33(29(35)28(34)32-13-11-18-5-8-20(36-2)9-6-18)19-7-10-25(22(30)15-19)39-24-12-14-31-23-17-27(38-4)26(37-3)16-21(23)24/h5-10,12,14-17H,11,13H2,1-4H3,(H,32,34). The Morgan fingerprint density at radius 3 is 2.26 bits per heavy atom. The number of likely N-dealkylation sites (N-methyl/N-ethyl adjacent to an activating group) is 1. The second-order valence-electron chi connectivity index (χ2n) is 8.47. The normalized spacial score (nSPS) is 10.6. The van der Waals surface area contributed by atoms with E-state index in [2.05, 4.69) is 10.3 Å². The van der Waals surface area contributed by atoms with Gasteiger partial charge in [0, 0.05) is 43.0 Å². The molecule has 39 heavy (non-hydrogen) atoms. The van der Waals surface area contributed by atoms with Gasteiger partial charge < -0.3 is 29.2 Å². The maximum atomic E-state index is 15.0. The third-order valence-corrected chi connectivity index (χ3v) is 6.09. The highest BCUT2D eigenvalue weighted by Gasteiger charge is 2.21. The van der Waals surface area contributed by atoms with Crippen molar-refractivity contribution < 1.29 is 32.9 Å². The largest absolute Gasteiger partial charge is 0.497 e. The Kier molecular flexibility index (Phi) is 8.45. The Balaban J connectivity index is 1.42. The van der Waals surface area contributed by atoms with Gasteiger partial charge in [-0.15, -0.1) is 0 Å². The Bertz CT molecular complexity index is 1490. The lowest BCUT2D eigenvalue weighted by atomic mass is 10.1. The molecule has 0 unspecified atom stereocenters. The van der Waals surface area contributed by atoms with Gasteiger partial charge in [0.1, 0.15) is 11.5 Å². The number of hydrogen-bond acceptors (Lipinski definition) is 7. The summed E-state index contributed by atoms with van der Waals surface area (Å²) in [6, 6.07) is 16.4. The van der Waals surface area contributed by atoms with Gasteiger partial charge in [-0.25, -0.2) is 4.39 Å². The van der Waals surface area contributed by atoms with Crippen LogP contribution in [0.25, 0.3) is 10.9 Å². The second-order valence-corrected chi connectivity index (χ2v) is 8.47. The summed E-state index contributed by atoms with van der Waals surface area (Å²) in [6.45, 7) is 0.266. The first-order valence-electron chi connectivity index (χ1n) is 12.0. The molecule has 0 aliphatic rings. The first-order valence-corrected chi connectivity index (χ1v) is 12.0. The molecule has 202 valence electrons. The number of amides is 2. The number of halogens is 1. The van der Waals surface area contributed by atoms with Crippen molar-refractivity contribution in [3.8, 4) is 28.7 Å². The molecule has 0 saturated heterocycles. The van der Waals surface area contributed by atoms with Crippen LogP contribution < -0.4 is 29.2 Å². The molecule has 0 radical (unpaired) electrons. The van der Waals surface area contributed by atoms with Crippen molar-refractivity contribution in [1.82, 2.24) is 10.3 Å². The van der Waals surface area contributed by atoms with Crippen molar-refractivity contribution in [2.24, 2.45) is 0 Å². The minimum atomic E-state index is -0.820. The lowest BCUT2D eigenvalue weighted by Crippen LogP contribution is -2.41. The Morgan fingerprint density at radius 2 is 1.59 bits per heavy atom. The molecule has 0 saturated carbocycles. The fraction of sp³-hybridized carbons (Fsp3) is 0.207. The number of anilines is 1. The third kappa shape index (κ3) is 6.18. The molecule has 1 aromatic heterocycles. The van der Waals surface area contributed by atoms with E-state index in [4.69, 9.17) is 18.9 Å². The molecule has 3 aromatic carbocycles. The van der Waals surface area contributed by atoms with Crippen molar-refractivity contribution in [2.75, 3.05) is 39.8 Å². The number of methoxy groups -OCH3 is 3. The quantitative estimate of drug-likeness (QED) is 0.316. The summed E-state index contributed by atoms with van der Waals surface area (Å²) in [7, 11) is 6.02. The molecule has 0 aliphatic heterocycles. The first-order chi connectivity index (χ1) is 18.8. The van der Waals surface area contributed by atoms with Crippen LogP contribution in [0.5, 0.6) is 28.7 Å². The molecule has 0 spiro atoms. The Morgan fingerprint density at radius 1 is 0.872 bits per heavy atom. The highest BCUT2D eigenvalue weighted by Crippen LogP contribution is 2.37. The topological polar surface area (TPSA) is 99.2 Å². The average molecular weight is 534 g/mol. The van der Waals surface area contributed by atoms with Crippen LogP contribution in [0.2, 0.25) is 0 Å². The average Bonchev–Trinajstić information content (AvgIpc) is 2.97. The summed E-state index contributed by atoms with van der Waals surface area (Å²) in [5.41, 5.74) is 1.75. The van der Waals surface area contributed by atoms with Crippen molar-refractivity contribution in [2.45, 2.75) is 6.42 Å². The molecule has 4 rings (SSSR count). The second kappa shape index (κ2) is 12.1. The van der Waals surface area contributed by atoms with Crippen molar-refractivity contribution in [3.63, 3.8) is 0 Å². The molecule has 1 N–H and O–H groups in total. The lowest BCUT2D eigenvalue weighted by Gasteiger charge is -2.18. The zero-order valence-electron chi connectivity index (χ0n) is 22.0. The summed E-state index contributed by atoms with van der Waals surface area (Å²) in [4.78, 5) is 30.4. The number of fused-ring (bicyclic) bond motifs is 1. The van der Waals surface area contributed by atoms with E-state index in [0.29, 0.717) is 34.6 Å². The molecule has 9 nitrogen and oxygen atoms in total. The molecule has 4 aromatic rings. The molecule has 1 heterocycles. The number of aromatic nitrogens is 1. The van der Waals surface area contributed by atoms with Gasteiger partial charge in [0.2, 0.25) is 0 Å². The van der Waals surface area contributed by atoms with E-state index in [1.165, 1.54) is 39.6 Å². The molecule has 0 atom stereocenters. The fourth-order valence-corrected chi connectivity index (χ4v) is 3.89. The molecule has 0 bridgehead atoms. The molecular formula is C29H28FN3O6. The molecule has 0 aliphatic carbocycles. The predicted octanol–water partition coefficient (Wildman–Crippen LogP) is 4.51. The van der Waals surface area contributed by atoms with Gasteiger partial charge in [-0.2, -0.15) is 0 Å². The Labute approximate surface area is 225 Å². The van der Waals surface area contributed by atoms with Crippen molar-refractivity contribution >= 4 is 28.4 Å². The zero-order valence-corrected chi connectivity index (χ0v) is 22.0. The zero-order chi connectivity index (χ0) is 27.9. The van der Waals surface area contributed by atoms with Crippen LogP contribution in [0, 0.1) is 5.82 Å². The number of nitrogens with one attached hydrogen (secondary N) is 1. The fourth-order valence-electron chi connectivity index (χ4n) is 3.89. The minimum absolute atomic E-state index is 0.0640. The van der Waals surface area contributed by atoms with Gasteiger partial charge in [-0.3, -0.25) is 14.6 Å². The number of benzene rings is 3. The van der Waals surface area contributed by atoms with Crippen molar-refractivity contribution in [1.29, 1.82) is 0 Å². The molecular weight excluding hydrogens is 505 g/mol. The van der Waals surface area contributed by atoms with Crippen LogP contribution in [0.3, 0.4) is 0 Å². The summed E-state index contributed by atoms with van der Waals surface area (Å²) in [5, 5.41) is 3.19. The maximum Gasteiger partial charge on any atom is 0.316 e. The smallest absolute Gasteiger partial charge is 0.316 e. The minimum Gasteiger partial charge on any atom is -0.497 e. The summed E-state index contributed by atoms with van der Waals surface area (Å²) in [5.74, 6) is -0.322. The van der Waals surface area contributed by atoms with Gasteiger partial charge >= 0.3 is 11.8 Å². The van der Waals surface area contributed by atoms with E-state index >= 15 is 4.39 Å². The van der Waals surface area contributed by atoms with E-state index < -0.39 is 17.6 Å². The highest BCUT2D eigenvalue weighted by molar-refractivity contribution is 6.40. The van der Waals surface area contributed by atoms with Crippen LogP contribution in [0.15, 0.2) is 66.9 Å². The van der Waals surface area contributed by atoms with Gasteiger partial charge in [-0.05, 0) is 48.4 Å². The molecule has 0 fully saturated rings. The monoisotopic (exact) mass is 533 g/mol. The van der Waals surface area contributed by atoms with Crippen LogP contribution in [-0.2, 0) is 16.0 Å². The van der Waals surface area contributed by atoms with E-state index in [1.807, 2.05) is 24.3 Å². The number of carbonyl (C=O) groups is 2. The van der Waals surface area contributed by atoms with E-state index in [-0.39, 0.29) is 18.0 Å². The summed E-state index contributed by atoms with van der Waals surface area (Å²) in [6.07, 6.45) is 2.07. The number of pyridine rings is 1. The number of ether oxygens (including phenoxy) is 4. The van der Waals surface area contributed by atoms with Crippen molar-refractivity contribution in [3.05, 3.63) is 78.2 Å². The molecule has 2 amide bonds. The van der Waals surface area contributed by atoms with Gasteiger partial charge in [0.15, 0.2) is 23.1 Å². The predicted molar refractivity (Wildman–Crippen MR) is 144 cm³/mol. The first kappa shape index (κ1) is 27.2. The lowest BCUT2D eigenvalue weighted by molar-refractivity contribution is -0.137. The maximum absolute atomic E-state index is 15.0.